The van der Waals surface area contributed by atoms with Gasteiger partial charge in [0.2, 0.25) is 0 Å². The lowest BCUT2D eigenvalue weighted by molar-refractivity contribution is 0.0942. The van der Waals surface area contributed by atoms with Crippen LogP contribution in [-0.2, 0) is 6.54 Å². The number of pyridine rings is 1. The van der Waals surface area contributed by atoms with Gasteiger partial charge in [0.15, 0.2) is 17.2 Å². The molecule has 2 aromatic rings. The summed E-state index contributed by atoms with van der Waals surface area (Å²) < 4.78 is 17.6. The minimum atomic E-state index is -0.536. The molecule has 0 bridgehead atoms. The maximum atomic E-state index is 12.7. The topological polar surface area (TPSA) is 112 Å². The number of nitrogens with one attached hydrogen (secondary N) is 1. The minimum Gasteiger partial charge on any atom is -0.503 e. The maximum Gasteiger partial charge on any atom is 0.274 e. The van der Waals surface area contributed by atoms with E-state index in [1.807, 2.05) is 0 Å². The number of aromatic hydroxyl groups is 1. The number of benzene rings is 1. The van der Waals surface area contributed by atoms with E-state index in [-0.39, 0.29) is 42.8 Å². The molecule has 0 aliphatic carbocycles. The van der Waals surface area contributed by atoms with E-state index >= 15 is 0 Å². The van der Waals surface area contributed by atoms with Gasteiger partial charge < -0.3 is 25.4 Å². The second-order valence-corrected chi connectivity index (χ2v) is 4.47. The average Bonchev–Trinajstić information content (AvgIpc) is 2.61. The third-order valence-electron chi connectivity index (χ3n) is 2.79. The molecule has 0 fully saturated rings. The number of carbonyl (C=O) groups is 1. The monoisotopic (exact) mass is 338 g/mol. The Bertz CT molecular complexity index is 647. The zero-order valence-corrected chi connectivity index (χ0v) is 13.1. The standard InChI is InChI=1S/C14H13FN2O3.C2H6O2/c1-20-11-6-7-16-12(13(11)18)14(19)17-8-9-2-4-10(15)5-3-9;3-1-2-4/h2-7,18H,8H2,1H3,(H,17,19);3-4H,1-2H2. The van der Waals surface area contributed by atoms with Crippen molar-refractivity contribution in [1.82, 2.24) is 10.3 Å². The van der Waals surface area contributed by atoms with Crippen molar-refractivity contribution in [1.29, 1.82) is 0 Å². The molecular formula is C16H19FN2O5. The predicted octanol–water partition coefficient (Wildman–Crippen LogP) is 0.836. The van der Waals surface area contributed by atoms with Crippen molar-refractivity contribution in [2.45, 2.75) is 6.54 Å². The second-order valence-electron chi connectivity index (χ2n) is 4.47. The van der Waals surface area contributed by atoms with Gasteiger partial charge in [0.1, 0.15) is 5.82 Å². The van der Waals surface area contributed by atoms with Crippen LogP contribution in [0.15, 0.2) is 36.5 Å². The highest BCUT2D eigenvalue weighted by molar-refractivity contribution is 5.95. The Balaban J connectivity index is 0.000000648. The molecule has 0 unspecified atom stereocenters. The molecule has 4 N–H and O–H groups in total. The fraction of sp³-hybridized carbons (Fsp3) is 0.250. The first-order valence-corrected chi connectivity index (χ1v) is 6.99. The van der Waals surface area contributed by atoms with Crippen molar-refractivity contribution in [3.8, 4) is 11.5 Å². The van der Waals surface area contributed by atoms with Crippen molar-refractivity contribution in [2.24, 2.45) is 0 Å². The Morgan fingerprint density at radius 2 is 1.83 bits per heavy atom. The van der Waals surface area contributed by atoms with Gasteiger partial charge in [-0.1, -0.05) is 12.1 Å². The number of nitrogens with zero attached hydrogens (tertiary/aromatic N) is 1. The highest BCUT2D eigenvalue weighted by Crippen LogP contribution is 2.27. The highest BCUT2D eigenvalue weighted by Gasteiger charge is 2.16. The lowest BCUT2D eigenvalue weighted by Gasteiger charge is -2.08. The van der Waals surface area contributed by atoms with Crippen molar-refractivity contribution in [3.05, 3.63) is 53.6 Å². The van der Waals surface area contributed by atoms with Crippen molar-refractivity contribution in [3.63, 3.8) is 0 Å². The van der Waals surface area contributed by atoms with Crippen LogP contribution in [0.3, 0.4) is 0 Å². The molecular weight excluding hydrogens is 319 g/mol. The molecule has 130 valence electrons. The Morgan fingerprint density at radius 3 is 2.38 bits per heavy atom. The van der Waals surface area contributed by atoms with Gasteiger partial charge in [-0.3, -0.25) is 4.79 Å². The fourth-order valence-electron chi connectivity index (χ4n) is 1.64. The van der Waals surface area contributed by atoms with E-state index in [1.54, 1.807) is 12.1 Å². The molecule has 1 heterocycles. The highest BCUT2D eigenvalue weighted by atomic mass is 19.1. The number of aliphatic hydroxyl groups excluding tert-OH is 2. The Morgan fingerprint density at radius 1 is 1.21 bits per heavy atom. The van der Waals surface area contributed by atoms with Gasteiger partial charge in [-0.15, -0.1) is 0 Å². The van der Waals surface area contributed by atoms with Gasteiger partial charge >= 0.3 is 0 Å². The quantitative estimate of drug-likeness (QED) is 0.643. The number of aromatic nitrogens is 1. The molecule has 24 heavy (non-hydrogen) atoms. The molecule has 0 radical (unpaired) electrons. The maximum absolute atomic E-state index is 12.7. The first-order valence-electron chi connectivity index (χ1n) is 6.99. The van der Waals surface area contributed by atoms with Gasteiger partial charge in [0, 0.05) is 18.8 Å². The second kappa shape index (κ2) is 10.1. The number of methoxy groups -OCH3 is 1. The molecule has 0 aliphatic heterocycles. The van der Waals surface area contributed by atoms with Crippen LogP contribution in [0.25, 0.3) is 0 Å². The summed E-state index contributed by atoms with van der Waals surface area (Å²) in [5.74, 6) is -1.02. The number of hydrogen-bond donors (Lipinski definition) is 4. The van der Waals surface area contributed by atoms with Gasteiger partial charge in [0.25, 0.3) is 5.91 Å². The van der Waals surface area contributed by atoms with Crippen LogP contribution in [-0.4, -0.2) is 46.5 Å². The first kappa shape index (κ1) is 19.3. The SMILES string of the molecule is COc1ccnc(C(=O)NCc2ccc(F)cc2)c1O.OCCO. The summed E-state index contributed by atoms with van der Waals surface area (Å²) in [4.78, 5) is 15.7. The number of halogens is 1. The van der Waals surface area contributed by atoms with Gasteiger partial charge in [-0.2, -0.15) is 0 Å². The predicted molar refractivity (Wildman–Crippen MR) is 84.2 cm³/mol. The molecule has 0 aliphatic rings. The number of aliphatic hydroxyl groups is 2. The zero-order chi connectivity index (χ0) is 17.9. The van der Waals surface area contributed by atoms with E-state index in [4.69, 9.17) is 14.9 Å². The van der Waals surface area contributed by atoms with E-state index < -0.39 is 5.91 Å². The smallest absolute Gasteiger partial charge is 0.274 e. The summed E-state index contributed by atoms with van der Waals surface area (Å²) in [6.45, 7) is -0.0442. The molecule has 2 rings (SSSR count). The number of rotatable bonds is 5. The Kier molecular flexibility index (Phi) is 8.17. The molecule has 1 aromatic heterocycles. The number of amides is 1. The summed E-state index contributed by atoms with van der Waals surface area (Å²) >= 11 is 0. The summed E-state index contributed by atoms with van der Waals surface area (Å²) in [5, 5.41) is 27.6. The van der Waals surface area contributed by atoms with E-state index in [9.17, 15) is 14.3 Å². The molecule has 0 saturated carbocycles. The average molecular weight is 338 g/mol. The van der Waals surface area contributed by atoms with Crippen molar-refractivity contribution >= 4 is 5.91 Å². The lowest BCUT2D eigenvalue weighted by atomic mass is 10.2. The van der Waals surface area contributed by atoms with Crippen LogP contribution >= 0.6 is 0 Å². The van der Waals surface area contributed by atoms with Crippen LogP contribution in [0, 0.1) is 5.82 Å². The van der Waals surface area contributed by atoms with E-state index in [1.165, 1.54) is 31.5 Å². The van der Waals surface area contributed by atoms with Gasteiger partial charge in [-0.05, 0) is 17.7 Å². The Hall–Kier alpha value is -2.71. The molecule has 0 saturated heterocycles. The molecule has 1 amide bonds. The molecule has 7 nitrogen and oxygen atoms in total. The van der Waals surface area contributed by atoms with Crippen LogP contribution in [0.4, 0.5) is 4.39 Å². The van der Waals surface area contributed by atoms with E-state index in [2.05, 4.69) is 10.3 Å². The number of ether oxygens (including phenoxy) is 1. The van der Waals surface area contributed by atoms with Crippen LogP contribution in [0.2, 0.25) is 0 Å². The normalized spacial score (nSPS) is 9.67. The zero-order valence-electron chi connectivity index (χ0n) is 13.1. The van der Waals surface area contributed by atoms with Crippen LogP contribution < -0.4 is 10.1 Å². The first-order chi connectivity index (χ1) is 11.5. The van der Waals surface area contributed by atoms with Crippen molar-refractivity contribution < 1.29 is 29.2 Å². The molecule has 0 atom stereocenters. The third kappa shape index (κ3) is 5.82. The van der Waals surface area contributed by atoms with Gasteiger partial charge in [0.05, 0.1) is 20.3 Å². The summed E-state index contributed by atoms with van der Waals surface area (Å²) in [5.41, 5.74) is 0.619. The fourth-order valence-corrected chi connectivity index (χ4v) is 1.64. The lowest BCUT2D eigenvalue weighted by Crippen LogP contribution is -2.24. The van der Waals surface area contributed by atoms with E-state index in [0.717, 1.165) is 5.56 Å². The minimum absolute atomic E-state index is 0.119. The number of hydrogen-bond acceptors (Lipinski definition) is 6. The van der Waals surface area contributed by atoms with Crippen molar-refractivity contribution in [2.75, 3.05) is 20.3 Å². The molecule has 0 spiro atoms. The summed E-state index contributed by atoms with van der Waals surface area (Å²) in [6, 6.07) is 7.19. The van der Waals surface area contributed by atoms with Crippen LogP contribution in [0.1, 0.15) is 16.1 Å². The van der Waals surface area contributed by atoms with Crippen LogP contribution in [0.5, 0.6) is 11.5 Å². The third-order valence-corrected chi connectivity index (χ3v) is 2.79. The molecule has 8 heteroatoms. The number of carbonyl (C=O) groups excluding carboxylic acids is 1. The Labute approximate surface area is 138 Å². The molecule has 1 aromatic carbocycles. The summed E-state index contributed by atoms with van der Waals surface area (Å²) in [7, 11) is 1.38. The summed E-state index contributed by atoms with van der Waals surface area (Å²) in [6.07, 6.45) is 1.37. The van der Waals surface area contributed by atoms with Gasteiger partial charge in [-0.25, -0.2) is 9.37 Å². The van der Waals surface area contributed by atoms with E-state index in [0.29, 0.717) is 0 Å². The largest absolute Gasteiger partial charge is 0.503 e.